The Kier molecular flexibility index (Phi) is 6.30. The van der Waals surface area contributed by atoms with Crippen molar-refractivity contribution in [2.75, 3.05) is 32.7 Å². The molecule has 0 aromatic carbocycles. The summed E-state index contributed by atoms with van der Waals surface area (Å²) in [6.07, 6.45) is 2.08. The first-order chi connectivity index (χ1) is 15.3. The number of sulfonamides is 1. The van der Waals surface area contributed by atoms with Crippen molar-refractivity contribution >= 4 is 50.8 Å². The van der Waals surface area contributed by atoms with Crippen molar-refractivity contribution in [2.45, 2.75) is 49.8 Å². The molecule has 182 valence electrons. The molecule has 1 saturated carbocycles. The number of rotatable bonds is 4. The molecule has 3 heterocycles. The van der Waals surface area contributed by atoms with E-state index in [1.54, 1.807) is 0 Å². The third-order valence-corrected chi connectivity index (χ3v) is 10.2. The predicted molar refractivity (Wildman–Crippen MR) is 124 cm³/mol. The number of amides is 4. The van der Waals surface area contributed by atoms with E-state index >= 15 is 0 Å². The van der Waals surface area contributed by atoms with Crippen LogP contribution >= 0.6 is 22.9 Å². The molecule has 1 aromatic heterocycles. The van der Waals surface area contributed by atoms with Crippen LogP contribution in [0.3, 0.4) is 0 Å². The molecule has 1 spiro atoms. The van der Waals surface area contributed by atoms with Gasteiger partial charge in [0.2, 0.25) is 5.91 Å². The van der Waals surface area contributed by atoms with E-state index in [9.17, 15) is 22.8 Å². The Balaban J connectivity index is 1.38. The number of thiophene rings is 1. The van der Waals surface area contributed by atoms with Gasteiger partial charge in [-0.15, -0.1) is 11.3 Å². The monoisotopic (exact) mass is 516 g/mol. The Morgan fingerprint density at radius 1 is 1.18 bits per heavy atom. The summed E-state index contributed by atoms with van der Waals surface area (Å²) < 4.78 is 27.4. The highest BCUT2D eigenvalue weighted by molar-refractivity contribution is 7.91. The average molecular weight is 517 g/mol. The average Bonchev–Trinajstić information content (AvgIpc) is 3.24. The molecule has 33 heavy (non-hydrogen) atoms. The van der Waals surface area contributed by atoms with Gasteiger partial charge in [0.05, 0.1) is 4.34 Å². The third-order valence-electron chi connectivity index (χ3n) is 6.65. The number of imide groups is 1. The molecule has 2 atom stereocenters. The summed E-state index contributed by atoms with van der Waals surface area (Å²) in [6, 6.07) is 2.48. The fourth-order valence-corrected chi connectivity index (χ4v) is 8.69. The van der Waals surface area contributed by atoms with Gasteiger partial charge in [0.25, 0.3) is 15.9 Å². The van der Waals surface area contributed by atoms with Gasteiger partial charge in [-0.1, -0.05) is 32.4 Å². The SMILES string of the molecule is C[C@@H]1CC(C)(C)C[C@]2(C1)NC(=O)N(CC(=O)N1CCN(S(=O)(=O)c3ccc(Cl)s3)CC1)C2=O. The van der Waals surface area contributed by atoms with Crippen molar-refractivity contribution in [1.82, 2.24) is 19.4 Å². The molecule has 3 fully saturated rings. The van der Waals surface area contributed by atoms with E-state index in [1.807, 2.05) is 0 Å². The first-order valence-corrected chi connectivity index (χ1v) is 13.6. The Bertz CT molecular complexity index is 1080. The van der Waals surface area contributed by atoms with Crippen molar-refractivity contribution in [2.24, 2.45) is 11.3 Å². The summed E-state index contributed by atoms with van der Waals surface area (Å²) in [6.45, 7) is 6.58. The van der Waals surface area contributed by atoms with Crippen molar-refractivity contribution < 1.29 is 22.8 Å². The minimum atomic E-state index is -3.66. The lowest BCUT2D eigenvalue weighted by molar-refractivity contribution is -0.141. The minimum Gasteiger partial charge on any atom is -0.338 e. The van der Waals surface area contributed by atoms with E-state index < -0.39 is 21.6 Å². The number of nitrogens with one attached hydrogen (secondary N) is 1. The summed E-state index contributed by atoms with van der Waals surface area (Å²) in [5.41, 5.74) is -1.04. The summed E-state index contributed by atoms with van der Waals surface area (Å²) in [4.78, 5) is 41.4. The lowest BCUT2D eigenvalue weighted by Crippen LogP contribution is -2.55. The van der Waals surface area contributed by atoms with E-state index in [2.05, 4.69) is 26.1 Å². The lowest BCUT2D eigenvalue weighted by atomic mass is 9.64. The zero-order chi connectivity index (χ0) is 24.2. The number of piperazine rings is 1. The van der Waals surface area contributed by atoms with Crippen molar-refractivity contribution in [3.63, 3.8) is 0 Å². The Morgan fingerprint density at radius 3 is 2.42 bits per heavy atom. The van der Waals surface area contributed by atoms with Gasteiger partial charge < -0.3 is 10.2 Å². The van der Waals surface area contributed by atoms with Crippen LogP contribution in [-0.2, 0) is 19.6 Å². The van der Waals surface area contributed by atoms with Crippen LogP contribution in [0.4, 0.5) is 4.79 Å². The van der Waals surface area contributed by atoms with Gasteiger partial charge in [-0.05, 0) is 42.7 Å². The molecule has 2 aliphatic heterocycles. The van der Waals surface area contributed by atoms with Gasteiger partial charge in [-0.25, -0.2) is 13.2 Å². The molecule has 1 N–H and O–H groups in total. The molecule has 2 saturated heterocycles. The molecule has 0 bridgehead atoms. The third kappa shape index (κ3) is 4.65. The maximum Gasteiger partial charge on any atom is 0.325 e. The van der Waals surface area contributed by atoms with Crippen LogP contribution in [0.5, 0.6) is 0 Å². The van der Waals surface area contributed by atoms with E-state index in [4.69, 9.17) is 11.6 Å². The summed E-state index contributed by atoms with van der Waals surface area (Å²) >= 11 is 6.86. The topological polar surface area (TPSA) is 107 Å². The quantitative estimate of drug-likeness (QED) is 0.618. The second-order valence-electron chi connectivity index (χ2n) is 10.1. The molecule has 4 rings (SSSR count). The number of hydrogen-bond donors (Lipinski definition) is 1. The van der Waals surface area contributed by atoms with E-state index in [0.29, 0.717) is 17.2 Å². The van der Waals surface area contributed by atoms with E-state index in [1.165, 1.54) is 21.3 Å². The number of urea groups is 1. The van der Waals surface area contributed by atoms with Gasteiger partial charge in [0.15, 0.2) is 0 Å². The standard InChI is InChI=1S/C21H29ClN4O5S2/c1-14-10-20(2,3)13-21(11-14)18(28)26(19(29)23-21)12-16(27)24-6-8-25(9-7-24)33(30,31)17-5-4-15(22)32-17/h4-5,14H,6-13H2,1-3H3,(H,23,29)/t14-,21+/m1/s1. The summed E-state index contributed by atoms with van der Waals surface area (Å²) in [7, 11) is -3.66. The van der Waals surface area contributed by atoms with Crippen LogP contribution in [-0.4, -0.2) is 78.6 Å². The fraction of sp³-hybridized carbons (Fsp3) is 0.667. The second kappa shape index (κ2) is 8.51. The molecule has 9 nitrogen and oxygen atoms in total. The molecular formula is C21H29ClN4O5S2. The first kappa shape index (κ1) is 24.4. The van der Waals surface area contributed by atoms with Crippen LogP contribution < -0.4 is 5.32 Å². The fourth-order valence-electron chi connectivity index (χ4n) is 5.63. The molecule has 1 aliphatic carbocycles. The van der Waals surface area contributed by atoms with E-state index in [0.717, 1.165) is 22.7 Å². The van der Waals surface area contributed by atoms with Crippen LogP contribution in [0.25, 0.3) is 0 Å². The highest BCUT2D eigenvalue weighted by atomic mass is 35.5. The Labute approximate surface area is 203 Å². The Morgan fingerprint density at radius 2 is 1.85 bits per heavy atom. The van der Waals surface area contributed by atoms with Gasteiger partial charge in [0, 0.05) is 26.2 Å². The van der Waals surface area contributed by atoms with Gasteiger partial charge >= 0.3 is 6.03 Å². The highest BCUT2D eigenvalue weighted by Gasteiger charge is 2.56. The van der Waals surface area contributed by atoms with Gasteiger partial charge in [-0.3, -0.25) is 14.5 Å². The summed E-state index contributed by atoms with van der Waals surface area (Å²) in [5, 5.41) is 2.88. The molecule has 0 unspecified atom stereocenters. The van der Waals surface area contributed by atoms with Crippen LogP contribution in [0.2, 0.25) is 4.34 Å². The van der Waals surface area contributed by atoms with Crippen molar-refractivity contribution in [1.29, 1.82) is 0 Å². The van der Waals surface area contributed by atoms with E-state index in [-0.39, 0.29) is 60.1 Å². The van der Waals surface area contributed by atoms with Crippen LogP contribution in [0.15, 0.2) is 16.3 Å². The zero-order valence-corrected chi connectivity index (χ0v) is 21.4. The molecule has 12 heteroatoms. The first-order valence-electron chi connectivity index (χ1n) is 11.0. The molecule has 1 aromatic rings. The van der Waals surface area contributed by atoms with Crippen molar-refractivity contribution in [3.05, 3.63) is 16.5 Å². The number of nitrogens with zero attached hydrogens (tertiary/aromatic N) is 3. The predicted octanol–water partition coefficient (Wildman–Crippen LogP) is 2.37. The molecule has 3 aliphatic rings. The van der Waals surface area contributed by atoms with Crippen LogP contribution in [0.1, 0.15) is 40.0 Å². The van der Waals surface area contributed by atoms with Gasteiger partial charge in [-0.2, -0.15) is 4.31 Å². The molecule has 4 amide bonds. The zero-order valence-electron chi connectivity index (χ0n) is 19.0. The number of carbonyl (C=O) groups excluding carboxylic acids is 3. The number of halogens is 1. The van der Waals surface area contributed by atoms with Crippen LogP contribution in [0, 0.1) is 11.3 Å². The second-order valence-corrected chi connectivity index (χ2v) is 14.0. The lowest BCUT2D eigenvalue weighted by Gasteiger charge is -2.43. The maximum absolute atomic E-state index is 13.3. The molecular weight excluding hydrogens is 488 g/mol. The number of carbonyl (C=O) groups is 3. The summed E-state index contributed by atoms with van der Waals surface area (Å²) in [5.74, 6) is -0.423. The highest BCUT2D eigenvalue weighted by Crippen LogP contribution is 2.46. The largest absolute Gasteiger partial charge is 0.338 e. The van der Waals surface area contributed by atoms with Gasteiger partial charge in [0.1, 0.15) is 16.3 Å². The Hall–Kier alpha value is -1.69. The van der Waals surface area contributed by atoms with Crippen molar-refractivity contribution in [3.8, 4) is 0 Å². The number of hydrogen-bond acceptors (Lipinski definition) is 6. The maximum atomic E-state index is 13.3. The smallest absolute Gasteiger partial charge is 0.325 e. The molecule has 0 radical (unpaired) electrons. The minimum absolute atomic E-state index is 0.0881. The normalized spacial score (nSPS) is 28.4.